The summed E-state index contributed by atoms with van der Waals surface area (Å²) in [6.07, 6.45) is 1.97. The van der Waals surface area contributed by atoms with Gasteiger partial charge in [-0.05, 0) is 18.1 Å². The van der Waals surface area contributed by atoms with Crippen LogP contribution in [0.5, 0.6) is 0 Å². The number of nitrogens with one attached hydrogen (secondary N) is 2. The molecule has 0 amide bonds. The molecule has 17 heavy (non-hydrogen) atoms. The molecule has 3 heterocycles. The van der Waals surface area contributed by atoms with Gasteiger partial charge in [-0.15, -0.1) is 0 Å². The summed E-state index contributed by atoms with van der Waals surface area (Å²) in [6.45, 7) is 3.99. The van der Waals surface area contributed by atoms with Crippen molar-refractivity contribution in [1.29, 1.82) is 0 Å². The molecule has 0 aromatic carbocycles. The van der Waals surface area contributed by atoms with Crippen molar-refractivity contribution in [3.05, 3.63) is 33.9 Å². The molecule has 1 aliphatic heterocycles. The molecule has 0 saturated carbocycles. The third-order valence-corrected chi connectivity index (χ3v) is 3.24. The van der Waals surface area contributed by atoms with Gasteiger partial charge in [0.1, 0.15) is 5.82 Å². The van der Waals surface area contributed by atoms with Gasteiger partial charge in [0.05, 0.1) is 0 Å². The van der Waals surface area contributed by atoms with E-state index in [0.717, 1.165) is 43.0 Å². The second-order valence-electron chi connectivity index (χ2n) is 4.61. The van der Waals surface area contributed by atoms with Crippen molar-refractivity contribution in [1.82, 2.24) is 19.9 Å². The van der Waals surface area contributed by atoms with Gasteiger partial charge in [-0.2, -0.15) is 0 Å². The Morgan fingerprint density at radius 1 is 1.47 bits per heavy atom. The lowest BCUT2D eigenvalue weighted by Crippen LogP contribution is -2.40. The van der Waals surface area contributed by atoms with Gasteiger partial charge < -0.3 is 5.32 Å². The summed E-state index contributed by atoms with van der Waals surface area (Å²) >= 11 is 0. The molecule has 5 heteroatoms. The Morgan fingerprint density at radius 3 is 2.94 bits per heavy atom. The average molecular weight is 232 g/mol. The van der Waals surface area contributed by atoms with E-state index in [1.54, 1.807) is 6.07 Å². The normalized spacial score (nSPS) is 16.3. The van der Waals surface area contributed by atoms with E-state index in [1.807, 2.05) is 6.07 Å². The third kappa shape index (κ3) is 1.76. The van der Waals surface area contributed by atoms with E-state index in [1.165, 1.54) is 4.52 Å². The Morgan fingerprint density at radius 2 is 2.29 bits per heavy atom. The smallest absolute Gasteiger partial charge is 0.271 e. The number of aromatic nitrogens is 3. The maximum Gasteiger partial charge on any atom is 0.271 e. The van der Waals surface area contributed by atoms with Crippen LogP contribution in [0.15, 0.2) is 16.9 Å². The minimum Gasteiger partial charge on any atom is -0.315 e. The quantitative estimate of drug-likeness (QED) is 0.817. The summed E-state index contributed by atoms with van der Waals surface area (Å²) in [6, 6.07) is 3.69. The standard InChI is InChI=1S/C12H16N4O/c1-2-3-8-4-10-14-12(9-6-13-7-9)15-16(10)11(17)5-8/h4-5,9,13H,2-3,6-7H2,1H3,(H,14,15). The highest BCUT2D eigenvalue weighted by atomic mass is 16.1. The Balaban J connectivity index is 2.07. The molecule has 0 aliphatic carbocycles. The molecule has 0 bridgehead atoms. The molecule has 0 radical (unpaired) electrons. The van der Waals surface area contributed by atoms with Crippen LogP contribution in [-0.4, -0.2) is 27.7 Å². The number of rotatable bonds is 3. The van der Waals surface area contributed by atoms with Gasteiger partial charge in [-0.3, -0.25) is 9.89 Å². The summed E-state index contributed by atoms with van der Waals surface area (Å²) in [5.41, 5.74) is 1.79. The summed E-state index contributed by atoms with van der Waals surface area (Å²) in [4.78, 5) is 16.4. The van der Waals surface area contributed by atoms with Crippen molar-refractivity contribution in [3.63, 3.8) is 0 Å². The van der Waals surface area contributed by atoms with Crippen LogP contribution in [0.1, 0.15) is 30.7 Å². The highest BCUT2D eigenvalue weighted by Gasteiger charge is 2.22. The number of nitrogens with zero attached hydrogens (tertiary/aromatic N) is 2. The topological polar surface area (TPSA) is 62.2 Å². The predicted octanol–water partition coefficient (Wildman–Crippen LogP) is 0.662. The van der Waals surface area contributed by atoms with E-state index in [4.69, 9.17) is 0 Å². The molecule has 2 N–H and O–H groups in total. The first-order valence-electron chi connectivity index (χ1n) is 6.10. The van der Waals surface area contributed by atoms with Gasteiger partial charge in [0, 0.05) is 25.1 Å². The SMILES string of the molecule is CCCc1cc(=O)n2[nH]c(C3CNC3)nc2c1. The first-order chi connectivity index (χ1) is 8.28. The van der Waals surface area contributed by atoms with E-state index in [2.05, 4.69) is 22.3 Å². The van der Waals surface area contributed by atoms with Crippen LogP contribution in [0, 0.1) is 0 Å². The summed E-state index contributed by atoms with van der Waals surface area (Å²) in [5.74, 6) is 1.33. The largest absolute Gasteiger partial charge is 0.315 e. The lowest BCUT2D eigenvalue weighted by Gasteiger charge is -2.24. The molecule has 0 spiro atoms. The van der Waals surface area contributed by atoms with Gasteiger partial charge in [0.15, 0.2) is 5.65 Å². The number of aromatic amines is 1. The van der Waals surface area contributed by atoms with Gasteiger partial charge >= 0.3 is 0 Å². The molecule has 1 fully saturated rings. The first-order valence-corrected chi connectivity index (χ1v) is 6.10. The summed E-state index contributed by atoms with van der Waals surface area (Å²) < 4.78 is 1.53. The highest BCUT2D eigenvalue weighted by Crippen LogP contribution is 2.16. The Bertz CT molecular complexity index is 594. The minimum absolute atomic E-state index is 0.0167. The molecule has 1 aliphatic rings. The molecule has 3 rings (SSSR count). The van der Waals surface area contributed by atoms with Crippen LogP contribution in [-0.2, 0) is 6.42 Å². The average Bonchev–Trinajstić information content (AvgIpc) is 2.59. The van der Waals surface area contributed by atoms with Crippen LogP contribution >= 0.6 is 0 Å². The third-order valence-electron chi connectivity index (χ3n) is 3.24. The summed E-state index contributed by atoms with van der Waals surface area (Å²) in [7, 11) is 0. The second-order valence-corrected chi connectivity index (χ2v) is 4.61. The lowest BCUT2D eigenvalue weighted by molar-refractivity contribution is 0.430. The minimum atomic E-state index is -0.0167. The number of aryl methyl sites for hydroxylation is 1. The molecule has 0 unspecified atom stereocenters. The molecule has 90 valence electrons. The maximum absolute atomic E-state index is 11.9. The van der Waals surface area contributed by atoms with E-state index in [-0.39, 0.29) is 5.56 Å². The second kappa shape index (κ2) is 4.00. The van der Waals surface area contributed by atoms with Crippen molar-refractivity contribution in [2.24, 2.45) is 0 Å². The molecular weight excluding hydrogens is 216 g/mol. The molecule has 2 aromatic rings. The highest BCUT2D eigenvalue weighted by molar-refractivity contribution is 5.41. The zero-order chi connectivity index (χ0) is 11.8. The fraction of sp³-hybridized carbons (Fsp3) is 0.500. The fourth-order valence-electron chi connectivity index (χ4n) is 2.16. The van der Waals surface area contributed by atoms with Gasteiger partial charge in [-0.1, -0.05) is 13.3 Å². The molecule has 0 atom stereocenters. The van der Waals surface area contributed by atoms with E-state index in [9.17, 15) is 4.79 Å². The van der Waals surface area contributed by atoms with Crippen molar-refractivity contribution < 1.29 is 0 Å². The Labute approximate surface area is 98.9 Å². The number of pyridine rings is 1. The van der Waals surface area contributed by atoms with E-state index < -0.39 is 0 Å². The van der Waals surface area contributed by atoms with Crippen LogP contribution in [0.2, 0.25) is 0 Å². The fourth-order valence-corrected chi connectivity index (χ4v) is 2.16. The Kier molecular flexibility index (Phi) is 2.48. The molecule has 1 saturated heterocycles. The number of H-pyrrole nitrogens is 1. The number of hydrogen-bond donors (Lipinski definition) is 2. The maximum atomic E-state index is 11.9. The van der Waals surface area contributed by atoms with E-state index >= 15 is 0 Å². The first kappa shape index (κ1) is 10.5. The predicted molar refractivity (Wildman–Crippen MR) is 65.4 cm³/mol. The molecule has 5 nitrogen and oxygen atoms in total. The van der Waals surface area contributed by atoms with Crippen molar-refractivity contribution in [2.75, 3.05) is 13.1 Å². The number of hydrogen-bond acceptors (Lipinski definition) is 3. The monoisotopic (exact) mass is 232 g/mol. The van der Waals surface area contributed by atoms with Crippen LogP contribution < -0.4 is 10.9 Å². The van der Waals surface area contributed by atoms with Gasteiger partial charge in [-0.25, -0.2) is 9.50 Å². The molecular formula is C12H16N4O. The lowest BCUT2D eigenvalue weighted by atomic mass is 10.0. The zero-order valence-corrected chi connectivity index (χ0v) is 9.86. The van der Waals surface area contributed by atoms with E-state index in [0.29, 0.717) is 5.92 Å². The zero-order valence-electron chi connectivity index (χ0n) is 9.86. The van der Waals surface area contributed by atoms with Gasteiger partial charge in [0.25, 0.3) is 5.56 Å². The Hall–Kier alpha value is -1.62. The summed E-state index contributed by atoms with van der Waals surface area (Å²) in [5, 5.41) is 6.29. The van der Waals surface area contributed by atoms with Gasteiger partial charge in [0.2, 0.25) is 0 Å². The van der Waals surface area contributed by atoms with Crippen molar-refractivity contribution in [2.45, 2.75) is 25.7 Å². The van der Waals surface area contributed by atoms with Crippen LogP contribution in [0.25, 0.3) is 5.65 Å². The van der Waals surface area contributed by atoms with Crippen LogP contribution in [0.4, 0.5) is 0 Å². The van der Waals surface area contributed by atoms with Crippen LogP contribution in [0.3, 0.4) is 0 Å². The van der Waals surface area contributed by atoms with Crippen molar-refractivity contribution in [3.8, 4) is 0 Å². The number of fused-ring (bicyclic) bond motifs is 1. The van der Waals surface area contributed by atoms with Crippen molar-refractivity contribution >= 4 is 5.65 Å². The molecule has 2 aromatic heterocycles.